The lowest BCUT2D eigenvalue weighted by Crippen LogP contribution is -2.24. The Morgan fingerprint density at radius 2 is 1.93 bits per heavy atom. The molecule has 1 heterocycles. The van der Waals surface area contributed by atoms with Gasteiger partial charge in [-0.05, 0) is 25.7 Å². The minimum absolute atomic E-state index is 0.473. The zero-order valence-electron chi connectivity index (χ0n) is 8.54. The highest BCUT2D eigenvalue weighted by Crippen LogP contribution is 2.33. The Bertz CT molecular complexity index is 199. The molecule has 1 atom stereocenters. The van der Waals surface area contributed by atoms with Gasteiger partial charge >= 0.3 is 0 Å². The number of ketones is 1. The first-order valence-corrected chi connectivity index (χ1v) is 6.54. The summed E-state index contributed by atoms with van der Waals surface area (Å²) in [5.41, 5.74) is 0. The Balaban J connectivity index is 1.75. The fourth-order valence-electron chi connectivity index (χ4n) is 2.19. The van der Waals surface area contributed by atoms with Crippen LogP contribution in [0.25, 0.3) is 0 Å². The number of thioether (sulfide) groups is 1. The van der Waals surface area contributed by atoms with Crippen molar-refractivity contribution in [2.75, 3.05) is 13.2 Å². The molecular formula is C11H18O2S. The Kier molecular flexibility index (Phi) is 3.88. The number of carbonyl (C=O) groups is 1. The molecule has 0 aromatic heterocycles. The molecule has 1 aliphatic heterocycles. The molecule has 1 unspecified atom stereocenters. The normalized spacial score (nSPS) is 30.6. The summed E-state index contributed by atoms with van der Waals surface area (Å²) >= 11 is 2.04. The van der Waals surface area contributed by atoms with E-state index in [0.717, 1.165) is 37.7 Å². The number of rotatable bonds is 2. The monoisotopic (exact) mass is 214 g/mol. The van der Waals surface area contributed by atoms with E-state index in [1.54, 1.807) is 0 Å². The predicted octanol–water partition coefficient (Wildman–Crippen LogP) is 2.41. The van der Waals surface area contributed by atoms with E-state index in [1.165, 1.54) is 19.3 Å². The lowest BCUT2D eigenvalue weighted by molar-refractivity contribution is -0.120. The molecule has 0 N–H and O–H groups in total. The van der Waals surface area contributed by atoms with Crippen molar-refractivity contribution in [1.29, 1.82) is 0 Å². The maximum Gasteiger partial charge on any atom is 0.134 e. The first-order valence-electron chi connectivity index (χ1n) is 5.59. The third-order valence-electron chi connectivity index (χ3n) is 2.99. The molecule has 1 aliphatic carbocycles. The van der Waals surface area contributed by atoms with Gasteiger partial charge < -0.3 is 4.74 Å². The summed E-state index contributed by atoms with van der Waals surface area (Å²) in [6.07, 6.45) is 6.35. The summed E-state index contributed by atoms with van der Waals surface area (Å²) in [7, 11) is 0. The van der Waals surface area contributed by atoms with Gasteiger partial charge in [0, 0.05) is 36.6 Å². The van der Waals surface area contributed by atoms with Crippen molar-refractivity contribution in [3.8, 4) is 0 Å². The second-order valence-electron chi connectivity index (χ2n) is 4.20. The third-order valence-corrected chi connectivity index (χ3v) is 4.63. The fourth-order valence-corrected chi connectivity index (χ4v) is 3.78. The molecule has 2 nitrogen and oxygen atoms in total. The van der Waals surface area contributed by atoms with Crippen LogP contribution in [0.5, 0.6) is 0 Å². The van der Waals surface area contributed by atoms with E-state index in [9.17, 15) is 4.79 Å². The lowest BCUT2D eigenvalue weighted by Gasteiger charge is -2.28. The van der Waals surface area contributed by atoms with Crippen LogP contribution in [-0.4, -0.2) is 29.5 Å². The Morgan fingerprint density at radius 1 is 1.14 bits per heavy atom. The van der Waals surface area contributed by atoms with Crippen molar-refractivity contribution in [2.45, 2.75) is 49.0 Å². The highest BCUT2D eigenvalue weighted by atomic mass is 32.2. The smallest absolute Gasteiger partial charge is 0.134 e. The van der Waals surface area contributed by atoms with Gasteiger partial charge in [-0.3, -0.25) is 4.79 Å². The van der Waals surface area contributed by atoms with E-state index in [1.807, 2.05) is 11.8 Å². The van der Waals surface area contributed by atoms with Crippen LogP contribution < -0.4 is 0 Å². The van der Waals surface area contributed by atoms with Gasteiger partial charge in [-0.2, -0.15) is 11.8 Å². The van der Waals surface area contributed by atoms with Crippen LogP contribution >= 0.6 is 11.8 Å². The Hall–Kier alpha value is -0.0200. The van der Waals surface area contributed by atoms with Gasteiger partial charge in [0.15, 0.2) is 0 Å². The molecule has 3 heteroatoms. The molecule has 0 spiro atoms. The average Bonchev–Trinajstić information content (AvgIpc) is 2.19. The van der Waals surface area contributed by atoms with E-state index >= 15 is 0 Å². The van der Waals surface area contributed by atoms with Crippen LogP contribution in [0.2, 0.25) is 0 Å². The van der Waals surface area contributed by atoms with Crippen LogP contribution in [-0.2, 0) is 9.53 Å². The van der Waals surface area contributed by atoms with Crippen LogP contribution in [0.15, 0.2) is 0 Å². The van der Waals surface area contributed by atoms with Gasteiger partial charge in [0.2, 0.25) is 0 Å². The standard InChI is InChI=1S/C11H18O2S/c12-9-2-1-3-11(8-9)14-10-4-6-13-7-5-10/h10-11H,1-8H2. The molecule has 1 saturated carbocycles. The molecule has 2 rings (SSSR count). The van der Waals surface area contributed by atoms with Crippen LogP contribution in [0.3, 0.4) is 0 Å². The first-order chi connectivity index (χ1) is 6.84. The molecule has 80 valence electrons. The number of hydrogen-bond acceptors (Lipinski definition) is 3. The van der Waals surface area contributed by atoms with Crippen LogP contribution in [0.4, 0.5) is 0 Å². The van der Waals surface area contributed by atoms with Gasteiger partial charge in [-0.25, -0.2) is 0 Å². The van der Waals surface area contributed by atoms with Crippen molar-refractivity contribution in [3.05, 3.63) is 0 Å². The zero-order chi connectivity index (χ0) is 9.80. The van der Waals surface area contributed by atoms with Crippen molar-refractivity contribution < 1.29 is 9.53 Å². The maximum absolute atomic E-state index is 11.3. The number of Topliss-reactive ketones (excluding diaryl/α,β-unsaturated/α-hetero) is 1. The lowest BCUT2D eigenvalue weighted by atomic mass is 9.99. The predicted molar refractivity (Wildman–Crippen MR) is 58.7 cm³/mol. The quantitative estimate of drug-likeness (QED) is 0.706. The summed E-state index contributed by atoms with van der Waals surface area (Å²) in [6, 6.07) is 0. The molecule has 0 aromatic rings. The van der Waals surface area contributed by atoms with Crippen molar-refractivity contribution >= 4 is 17.5 Å². The molecule has 0 amide bonds. The summed E-state index contributed by atoms with van der Waals surface area (Å²) in [5.74, 6) is 0.473. The highest BCUT2D eigenvalue weighted by molar-refractivity contribution is 8.00. The van der Waals surface area contributed by atoms with Gasteiger partial charge in [-0.1, -0.05) is 0 Å². The molecule has 1 saturated heterocycles. The summed E-state index contributed by atoms with van der Waals surface area (Å²) < 4.78 is 5.33. The molecule has 14 heavy (non-hydrogen) atoms. The molecule has 0 bridgehead atoms. The van der Waals surface area contributed by atoms with Crippen LogP contribution in [0, 0.1) is 0 Å². The summed E-state index contributed by atoms with van der Waals surface area (Å²) in [4.78, 5) is 11.3. The first kappa shape index (κ1) is 10.5. The zero-order valence-corrected chi connectivity index (χ0v) is 9.35. The Labute approximate surface area is 89.8 Å². The van der Waals surface area contributed by atoms with Gasteiger partial charge in [0.25, 0.3) is 0 Å². The fraction of sp³-hybridized carbons (Fsp3) is 0.909. The molecule has 0 aromatic carbocycles. The minimum Gasteiger partial charge on any atom is -0.381 e. The number of hydrogen-bond donors (Lipinski definition) is 0. The number of ether oxygens (including phenoxy) is 1. The third kappa shape index (κ3) is 2.99. The van der Waals surface area contributed by atoms with Crippen molar-refractivity contribution in [3.63, 3.8) is 0 Å². The molecule has 2 fully saturated rings. The van der Waals surface area contributed by atoms with Gasteiger partial charge in [0.05, 0.1) is 0 Å². The summed E-state index contributed by atoms with van der Waals surface area (Å²) in [6.45, 7) is 1.83. The van der Waals surface area contributed by atoms with Crippen molar-refractivity contribution in [1.82, 2.24) is 0 Å². The van der Waals surface area contributed by atoms with E-state index < -0.39 is 0 Å². The van der Waals surface area contributed by atoms with E-state index in [2.05, 4.69) is 0 Å². The molecule has 0 radical (unpaired) electrons. The maximum atomic E-state index is 11.3. The topological polar surface area (TPSA) is 26.3 Å². The van der Waals surface area contributed by atoms with Crippen LogP contribution in [0.1, 0.15) is 38.5 Å². The summed E-state index contributed by atoms with van der Waals surface area (Å²) in [5, 5.41) is 1.36. The average molecular weight is 214 g/mol. The Morgan fingerprint density at radius 3 is 2.64 bits per heavy atom. The second-order valence-corrected chi connectivity index (χ2v) is 5.81. The van der Waals surface area contributed by atoms with E-state index in [-0.39, 0.29) is 0 Å². The largest absolute Gasteiger partial charge is 0.381 e. The van der Waals surface area contributed by atoms with Gasteiger partial charge in [0.1, 0.15) is 5.78 Å². The minimum atomic E-state index is 0.473. The SMILES string of the molecule is O=C1CCCC(SC2CCOCC2)C1. The number of carbonyl (C=O) groups excluding carboxylic acids is 1. The molecule has 2 aliphatic rings. The molecular weight excluding hydrogens is 196 g/mol. The van der Waals surface area contributed by atoms with Gasteiger partial charge in [-0.15, -0.1) is 0 Å². The second kappa shape index (κ2) is 5.17. The van der Waals surface area contributed by atoms with E-state index in [4.69, 9.17) is 4.74 Å². The highest BCUT2D eigenvalue weighted by Gasteiger charge is 2.24. The van der Waals surface area contributed by atoms with Crippen molar-refractivity contribution in [2.24, 2.45) is 0 Å². The van der Waals surface area contributed by atoms with E-state index in [0.29, 0.717) is 11.0 Å².